The Bertz CT molecular complexity index is 602. The van der Waals surface area contributed by atoms with Gasteiger partial charge in [-0.2, -0.15) is 0 Å². The highest BCUT2D eigenvalue weighted by atomic mass is 16.5. The van der Waals surface area contributed by atoms with E-state index in [9.17, 15) is 14.4 Å². The lowest BCUT2D eigenvalue weighted by atomic mass is 10.1. The Morgan fingerprint density at radius 2 is 2.04 bits per heavy atom. The van der Waals surface area contributed by atoms with Gasteiger partial charge >= 0.3 is 5.97 Å². The number of benzene rings is 1. The first-order valence-electron chi connectivity index (χ1n) is 7.54. The number of nitrogens with one attached hydrogen (secondary N) is 1. The molecule has 1 unspecified atom stereocenters. The van der Waals surface area contributed by atoms with E-state index in [2.05, 4.69) is 5.32 Å². The topological polar surface area (TPSA) is 95.9 Å². The second-order valence-corrected chi connectivity index (χ2v) is 5.31. The summed E-state index contributed by atoms with van der Waals surface area (Å²) in [5.74, 6) is -0.646. The second kappa shape index (κ2) is 7.62. The lowest BCUT2D eigenvalue weighted by molar-refractivity contribution is -0.137. The Kier molecular flexibility index (Phi) is 5.56. The lowest BCUT2D eigenvalue weighted by Gasteiger charge is -2.32. The molecule has 1 aromatic rings. The number of nitrogens with zero attached hydrogens (tertiary/aromatic N) is 1. The van der Waals surface area contributed by atoms with Crippen LogP contribution in [0.25, 0.3) is 0 Å². The monoisotopic (exact) mass is 320 g/mol. The van der Waals surface area contributed by atoms with Gasteiger partial charge in [-0.15, -0.1) is 0 Å². The van der Waals surface area contributed by atoms with Crippen LogP contribution in [0.3, 0.4) is 0 Å². The van der Waals surface area contributed by atoms with Gasteiger partial charge < -0.3 is 20.1 Å². The van der Waals surface area contributed by atoms with Crippen LogP contribution in [0.1, 0.15) is 26.2 Å². The lowest BCUT2D eigenvalue weighted by Crippen LogP contribution is -2.45. The third-order valence-electron chi connectivity index (χ3n) is 3.53. The quantitative estimate of drug-likeness (QED) is 0.735. The molecule has 1 aromatic carbocycles. The number of carboxylic acids is 1. The number of hydrogen-bond donors (Lipinski definition) is 2. The Morgan fingerprint density at radius 3 is 2.78 bits per heavy atom. The zero-order valence-electron chi connectivity index (χ0n) is 12.9. The molecule has 0 aliphatic carbocycles. The third-order valence-corrected chi connectivity index (χ3v) is 3.53. The molecule has 1 heterocycles. The summed E-state index contributed by atoms with van der Waals surface area (Å²) in [5, 5.41) is 11.2. The summed E-state index contributed by atoms with van der Waals surface area (Å²) in [4.78, 5) is 36.0. The van der Waals surface area contributed by atoms with E-state index < -0.39 is 12.1 Å². The van der Waals surface area contributed by atoms with Crippen LogP contribution in [0.15, 0.2) is 24.3 Å². The Labute approximate surface area is 134 Å². The molecule has 0 aromatic heterocycles. The molecule has 2 rings (SSSR count). The molecule has 7 nitrogen and oxygen atoms in total. The highest BCUT2D eigenvalue weighted by molar-refractivity contribution is 6.00. The number of ether oxygens (including phenoxy) is 1. The van der Waals surface area contributed by atoms with Crippen molar-refractivity contribution in [3.63, 3.8) is 0 Å². The standard InChI is InChI=1S/C16H20N2O5/c1-11-16(22)18(12-5-2-3-6-13(12)23-11)10-8-14(19)17-9-4-7-15(20)21/h2-3,5-6,11H,4,7-10H2,1H3,(H,17,19)(H,20,21). The third kappa shape index (κ3) is 4.45. The molecule has 2 N–H and O–H groups in total. The highest BCUT2D eigenvalue weighted by Gasteiger charge is 2.31. The fourth-order valence-corrected chi connectivity index (χ4v) is 2.36. The number of fused-ring (bicyclic) bond motifs is 1. The summed E-state index contributed by atoms with van der Waals surface area (Å²) >= 11 is 0. The molecule has 0 saturated heterocycles. The zero-order chi connectivity index (χ0) is 16.8. The number of carbonyl (C=O) groups excluding carboxylic acids is 2. The van der Waals surface area contributed by atoms with Gasteiger partial charge in [0.05, 0.1) is 5.69 Å². The number of aliphatic carboxylic acids is 1. The number of amides is 2. The fraction of sp³-hybridized carbons (Fsp3) is 0.438. The molecule has 1 atom stereocenters. The van der Waals surface area contributed by atoms with Crippen molar-refractivity contribution < 1.29 is 24.2 Å². The zero-order valence-corrected chi connectivity index (χ0v) is 12.9. The largest absolute Gasteiger partial charge is 0.481 e. The first kappa shape index (κ1) is 16.8. The van der Waals surface area contributed by atoms with Crippen LogP contribution in [0.5, 0.6) is 5.75 Å². The number of anilines is 1. The van der Waals surface area contributed by atoms with Crippen LogP contribution in [0.4, 0.5) is 5.69 Å². The first-order valence-corrected chi connectivity index (χ1v) is 7.54. The number of carboxylic acid groups (broad SMARTS) is 1. The van der Waals surface area contributed by atoms with Crippen LogP contribution in [-0.4, -0.2) is 42.1 Å². The minimum Gasteiger partial charge on any atom is -0.481 e. The number of carbonyl (C=O) groups is 3. The average molecular weight is 320 g/mol. The molecule has 0 saturated carbocycles. The highest BCUT2D eigenvalue weighted by Crippen LogP contribution is 2.33. The molecule has 0 spiro atoms. The van der Waals surface area contributed by atoms with E-state index in [1.807, 2.05) is 12.1 Å². The molecule has 0 fully saturated rings. The Hall–Kier alpha value is -2.57. The Morgan fingerprint density at radius 1 is 1.30 bits per heavy atom. The maximum absolute atomic E-state index is 12.2. The molecule has 0 bridgehead atoms. The van der Waals surface area contributed by atoms with Gasteiger partial charge in [-0.1, -0.05) is 12.1 Å². The summed E-state index contributed by atoms with van der Waals surface area (Å²) in [6.45, 7) is 2.25. The van der Waals surface area contributed by atoms with Gasteiger partial charge in [0.2, 0.25) is 5.91 Å². The maximum Gasteiger partial charge on any atom is 0.303 e. The summed E-state index contributed by atoms with van der Waals surface area (Å²) in [6.07, 6.45) is -0.0201. The van der Waals surface area contributed by atoms with E-state index in [0.29, 0.717) is 24.4 Å². The first-order chi connectivity index (χ1) is 11.0. The molecule has 124 valence electrons. The van der Waals surface area contributed by atoms with Crippen molar-refractivity contribution in [1.82, 2.24) is 5.32 Å². The van der Waals surface area contributed by atoms with E-state index in [0.717, 1.165) is 0 Å². The molecular weight excluding hydrogens is 300 g/mol. The van der Waals surface area contributed by atoms with Crippen molar-refractivity contribution in [2.75, 3.05) is 18.0 Å². The maximum atomic E-state index is 12.2. The van der Waals surface area contributed by atoms with E-state index in [4.69, 9.17) is 9.84 Å². The van der Waals surface area contributed by atoms with Crippen molar-refractivity contribution in [3.8, 4) is 5.75 Å². The smallest absolute Gasteiger partial charge is 0.303 e. The normalized spacial score (nSPS) is 16.5. The predicted molar refractivity (Wildman–Crippen MR) is 83.4 cm³/mol. The summed E-state index contributed by atoms with van der Waals surface area (Å²) in [5.41, 5.74) is 0.661. The summed E-state index contributed by atoms with van der Waals surface area (Å²) < 4.78 is 5.54. The number of para-hydroxylation sites is 2. The average Bonchev–Trinajstić information content (AvgIpc) is 2.52. The van der Waals surface area contributed by atoms with E-state index >= 15 is 0 Å². The van der Waals surface area contributed by atoms with Crippen LogP contribution in [0.2, 0.25) is 0 Å². The van der Waals surface area contributed by atoms with Crippen molar-refractivity contribution in [2.45, 2.75) is 32.3 Å². The van der Waals surface area contributed by atoms with Gasteiger partial charge in [-0.05, 0) is 25.5 Å². The van der Waals surface area contributed by atoms with Crippen LogP contribution in [-0.2, 0) is 14.4 Å². The molecule has 0 radical (unpaired) electrons. The predicted octanol–water partition coefficient (Wildman–Crippen LogP) is 1.17. The minimum atomic E-state index is -0.885. The van der Waals surface area contributed by atoms with Crippen molar-refractivity contribution in [1.29, 1.82) is 0 Å². The molecule has 2 amide bonds. The van der Waals surface area contributed by atoms with Crippen LogP contribution >= 0.6 is 0 Å². The van der Waals surface area contributed by atoms with Crippen LogP contribution in [0, 0.1) is 0 Å². The molecular formula is C16H20N2O5. The number of hydrogen-bond acceptors (Lipinski definition) is 4. The van der Waals surface area contributed by atoms with Crippen molar-refractivity contribution in [3.05, 3.63) is 24.3 Å². The number of rotatable bonds is 7. The van der Waals surface area contributed by atoms with E-state index in [1.54, 1.807) is 24.0 Å². The van der Waals surface area contributed by atoms with Crippen LogP contribution < -0.4 is 15.0 Å². The molecule has 7 heteroatoms. The SMILES string of the molecule is CC1Oc2ccccc2N(CCC(=O)NCCCC(=O)O)C1=O. The molecule has 1 aliphatic heterocycles. The van der Waals surface area contributed by atoms with E-state index in [-0.39, 0.29) is 31.2 Å². The van der Waals surface area contributed by atoms with E-state index in [1.165, 1.54) is 0 Å². The fourth-order valence-electron chi connectivity index (χ4n) is 2.36. The molecule has 23 heavy (non-hydrogen) atoms. The summed E-state index contributed by atoms with van der Waals surface area (Å²) in [7, 11) is 0. The van der Waals surface area contributed by atoms with Crippen molar-refractivity contribution in [2.24, 2.45) is 0 Å². The summed E-state index contributed by atoms with van der Waals surface area (Å²) in [6, 6.07) is 7.21. The van der Waals surface area contributed by atoms with Gasteiger partial charge in [0, 0.05) is 25.9 Å². The van der Waals surface area contributed by atoms with Gasteiger partial charge in [0.25, 0.3) is 5.91 Å². The van der Waals surface area contributed by atoms with Gasteiger partial charge in [0.15, 0.2) is 6.10 Å². The molecule has 1 aliphatic rings. The van der Waals surface area contributed by atoms with Crippen molar-refractivity contribution >= 4 is 23.5 Å². The minimum absolute atomic E-state index is 0.0210. The van der Waals surface area contributed by atoms with Gasteiger partial charge in [-0.25, -0.2) is 0 Å². The van der Waals surface area contributed by atoms with Gasteiger partial charge in [0.1, 0.15) is 5.75 Å². The van der Waals surface area contributed by atoms with Gasteiger partial charge in [-0.3, -0.25) is 14.4 Å². The Balaban J connectivity index is 1.88. The second-order valence-electron chi connectivity index (χ2n) is 5.31.